The van der Waals surface area contributed by atoms with Gasteiger partial charge in [0.2, 0.25) is 0 Å². The first-order valence-electron chi connectivity index (χ1n) is 5.61. The Morgan fingerprint density at radius 1 is 1.58 bits per heavy atom. The van der Waals surface area contributed by atoms with Crippen molar-refractivity contribution in [3.8, 4) is 0 Å². The molecule has 1 aromatic rings. The number of benzene rings is 1. The molecule has 1 rings (SSSR count). The van der Waals surface area contributed by atoms with Gasteiger partial charge in [0.05, 0.1) is 4.92 Å². The van der Waals surface area contributed by atoms with Gasteiger partial charge in [-0.25, -0.2) is 0 Å². The van der Waals surface area contributed by atoms with Gasteiger partial charge in [-0.2, -0.15) is 0 Å². The third-order valence-corrected chi connectivity index (χ3v) is 2.53. The standard InChI is InChI=1S/C11H13N5O3/c1-8-9(4-2-5-10(8)16(18)19)11(17)13-6-3-7-14-15-12/h2,4-5H,3,6-7H2,1H3,(H,13,17). The molecule has 0 saturated heterocycles. The van der Waals surface area contributed by atoms with E-state index < -0.39 is 4.92 Å². The number of nitrogens with zero attached hydrogens (tertiary/aromatic N) is 4. The van der Waals surface area contributed by atoms with Gasteiger partial charge in [0.25, 0.3) is 11.6 Å². The lowest BCUT2D eigenvalue weighted by atomic mass is 10.1. The number of rotatable bonds is 6. The predicted molar refractivity (Wildman–Crippen MR) is 68.8 cm³/mol. The topological polar surface area (TPSA) is 121 Å². The van der Waals surface area contributed by atoms with Crippen LogP contribution in [0.5, 0.6) is 0 Å². The Hall–Kier alpha value is -2.60. The Bertz CT molecular complexity index is 537. The number of carbonyl (C=O) groups is 1. The number of hydrogen-bond donors (Lipinski definition) is 1. The van der Waals surface area contributed by atoms with Crippen molar-refractivity contribution >= 4 is 11.6 Å². The molecule has 0 unspecified atom stereocenters. The molecule has 0 bridgehead atoms. The molecule has 1 aromatic carbocycles. The second kappa shape index (κ2) is 6.97. The molecule has 0 aromatic heterocycles. The second-order valence-electron chi connectivity index (χ2n) is 3.77. The Kier molecular flexibility index (Phi) is 5.31. The van der Waals surface area contributed by atoms with E-state index in [-0.39, 0.29) is 17.2 Å². The van der Waals surface area contributed by atoms with Crippen LogP contribution in [0.4, 0.5) is 5.69 Å². The van der Waals surface area contributed by atoms with Crippen LogP contribution in [0.2, 0.25) is 0 Å². The Labute approximate surface area is 109 Å². The van der Waals surface area contributed by atoms with Crippen molar-refractivity contribution in [1.82, 2.24) is 5.32 Å². The largest absolute Gasteiger partial charge is 0.352 e. The zero-order chi connectivity index (χ0) is 14.3. The molecule has 0 aliphatic carbocycles. The summed E-state index contributed by atoms with van der Waals surface area (Å²) in [5, 5.41) is 16.7. The minimum Gasteiger partial charge on any atom is -0.352 e. The van der Waals surface area contributed by atoms with Crippen molar-refractivity contribution in [2.75, 3.05) is 13.1 Å². The fourth-order valence-electron chi connectivity index (χ4n) is 1.56. The van der Waals surface area contributed by atoms with Gasteiger partial charge >= 0.3 is 0 Å². The highest BCUT2D eigenvalue weighted by Crippen LogP contribution is 2.20. The van der Waals surface area contributed by atoms with E-state index in [2.05, 4.69) is 15.3 Å². The quantitative estimate of drug-likeness (QED) is 0.211. The van der Waals surface area contributed by atoms with Crippen LogP contribution in [0.25, 0.3) is 10.4 Å². The number of nitro benzene ring substituents is 1. The number of nitro groups is 1. The first-order valence-corrected chi connectivity index (χ1v) is 5.61. The molecule has 1 N–H and O–H groups in total. The van der Waals surface area contributed by atoms with E-state index in [1.54, 1.807) is 0 Å². The maximum Gasteiger partial charge on any atom is 0.273 e. The molecule has 8 heteroatoms. The number of carbonyl (C=O) groups excluding carboxylic acids is 1. The summed E-state index contributed by atoms with van der Waals surface area (Å²) in [5.41, 5.74) is 8.61. The minimum absolute atomic E-state index is 0.0817. The van der Waals surface area contributed by atoms with E-state index in [0.29, 0.717) is 25.1 Å². The van der Waals surface area contributed by atoms with E-state index in [1.165, 1.54) is 25.1 Å². The highest BCUT2D eigenvalue weighted by molar-refractivity contribution is 5.96. The lowest BCUT2D eigenvalue weighted by Gasteiger charge is -2.07. The monoisotopic (exact) mass is 263 g/mol. The molecule has 8 nitrogen and oxygen atoms in total. The molecule has 0 radical (unpaired) electrons. The van der Waals surface area contributed by atoms with Gasteiger partial charge in [-0.15, -0.1) is 0 Å². The number of nitrogens with one attached hydrogen (secondary N) is 1. The molecular weight excluding hydrogens is 250 g/mol. The summed E-state index contributed by atoms with van der Waals surface area (Å²) in [6.45, 7) is 2.18. The molecule has 100 valence electrons. The van der Waals surface area contributed by atoms with Crippen LogP contribution in [0.1, 0.15) is 22.3 Å². The SMILES string of the molecule is Cc1c(C(=O)NCCCN=[N+]=[N-])cccc1[N+](=O)[O-]. The minimum atomic E-state index is -0.520. The highest BCUT2D eigenvalue weighted by atomic mass is 16.6. The highest BCUT2D eigenvalue weighted by Gasteiger charge is 2.17. The van der Waals surface area contributed by atoms with Gasteiger partial charge in [-0.1, -0.05) is 11.2 Å². The van der Waals surface area contributed by atoms with Crippen molar-refractivity contribution in [2.45, 2.75) is 13.3 Å². The summed E-state index contributed by atoms with van der Waals surface area (Å²) < 4.78 is 0. The van der Waals surface area contributed by atoms with Crippen molar-refractivity contribution in [3.63, 3.8) is 0 Å². The zero-order valence-corrected chi connectivity index (χ0v) is 10.4. The lowest BCUT2D eigenvalue weighted by Crippen LogP contribution is -2.25. The maximum absolute atomic E-state index is 11.8. The van der Waals surface area contributed by atoms with Gasteiger partial charge < -0.3 is 5.32 Å². The van der Waals surface area contributed by atoms with E-state index in [4.69, 9.17) is 5.53 Å². The molecule has 0 fully saturated rings. The molecule has 0 heterocycles. The van der Waals surface area contributed by atoms with Gasteiger partial charge in [0, 0.05) is 35.2 Å². The second-order valence-corrected chi connectivity index (χ2v) is 3.77. The Morgan fingerprint density at radius 3 is 2.95 bits per heavy atom. The predicted octanol–water partition coefficient (Wildman–Crippen LogP) is 2.33. The van der Waals surface area contributed by atoms with Crippen LogP contribution in [-0.4, -0.2) is 23.9 Å². The smallest absolute Gasteiger partial charge is 0.273 e. The molecule has 1 amide bonds. The number of azide groups is 1. The van der Waals surface area contributed by atoms with Crippen molar-refractivity contribution in [1.29, 1.82) is 0 Å². The normalized spacial score (nSPS) is 9.53. The molecular formula is C11H13N5O3. The van der Waals surface area contributed by atoms with Gasteiger partial charge in [-0.3, -0.25) is 14.9 Å². The average molecular weight is 263 g/mol. The zero-order valence-electron chi connectivity index (χ0n) is 10.4. The van der Waals surface area contributed by atoms with E-state index >= 15 is 0 Å². The fraction of sp³-hybridized carbons (Fsp3) is 0.364. The molecule has 0 atom stereocenters. The van der Waals surface area contributed by atoms with Gasteiger partial charge in [0.15, 0.2) is 0 Å². The Morgan fingerprint density at radius 2 is 2.32 bits per heavy atom. The van der Waals surface area contributed by atoms with Crippen molar-refractivity contribution in [2.24, 2.45) is 5.11 Å². The number of hydrogen-bond acceptors (Lipinski definition) is 4. The molecule has 0 spiro atoms. The summed E-state index contributed by atoms with van der Waals surface area (Å²) in [6, 6.07) is 4.36. The first kappa shape index (κ1) is 14.5. The lowest BCUT2D eigenvalue weighted by molar-refractivity contribution is -0.385. The van der Waals surface area contributed by atoms with E-state index in [9.17, 15) is 14.9 Å². The van der Waals surface area contributed by atoms with E-state index in [1.807, 2.05) is 0 Å². The number of amides is 1. The van der Waals surface area contributed by atoms with Crippen LogP contribution in [0, 0.1) is 17.0 Å². The average Bonchev–Trinajstić information content (AvgIpc) is 2.38. The van der Waals surface area contributed by atoms with Crippen LogP contribution in [-0.2, 0) is 0 Å². The van der Waals surface area contributed by atoms with Crippen LogP contribution < -0.4 is 5.32 Å². The summed E-state index contributed by atoms with van der Waals surface area (Å²) in [7, 11) is 0. The molecule has 0 saturated carbocycles. The van der Waals surface area contributed by atoms with Gasteiger partial charge in [-0.05, 0) is 24.9 Å². The third kappa shape index (κ3) is 3.97. The van der Waals surface area contributed by atoms with Crippen molar-refractivity contribution < 1.29 is 9.72 Å². The molecule has 0 aliphatic heterocycles. The van der Waals surface area contributed by atoms with Crippen molar-refractivity contribution in [3.05, 3.63) is 49.9 Å². The summed E-state index contributed by atoms with van der Waals surface area (Å²) in [6.07, 6.45) is 0.518. The maximum atomic E-state index is 11.8. The van der Waals surface area contributed by atoms with Crippen LogP contribution in [0.15, 0.2) is 23.3 Å². The Balaban J connectivity index is 2.69. The summed E-state index contributed by atoms with van der Waals surface area (Å²) >= 11 is 0. The van der Waals surface area contributed by atoms with Gasteiger partial charge in [0.1, 0.15) is 0 Å². The first-order chi connectivity index (χ1) is 9.07. The summed E-state index contributed by atoms with van der Waals surface area (Å²) in [4.78, 5) is 24.7. The van der Waals surface area contributed by atoms with Crippen LogP contribution >= 0.6 is 0 Å². The third-order valence-electron chi connectivity index (χ3n) is 2.53. The molecule has 19 heavy (non-hydrogen) atoms. The van der Waals surface area contributed by atoms with E-state index in [0.717, 1.165) is 0 Å². The fourth-order valence-corrected chi connectivity index (χ4v) is 1.56. The molecule has 0 aliphatic rings. The summed E-state index contributed by atoms with van der Waals surface area (Å²) in [5.74, 6) is -0.373. The van der Waals surface area contributed by atoms with Crippen LogP contribution in [0.3, 0.4) is 0 Å².